The van der Waals surface area contributed by atoms with Crippen LogP contribution in [0.2, 0.25) is 5.02 Å². The van der Waals surface area contributed by atoms with Gasteiger partial charge in [-0.2, -0.15) is 0 Å². The SMILES string of the molecule is CNCC1(Cc2cc(F)ccc2Cl)CCC1. The third-order valence-electron chi connectivity index (χ3n) is 3.54. The first kappa shape index (κ1) is 11.9. The number of hydrogen-bond donors (Lipinski definition) is 1. The Morgan fingerprint density at radius 1 is 1.44 bits per heavy atom. The van der Waals surface area contributed by atoms with Gasteiger partial charge in [0.2, 0.25) is 0 Å². The number of rotatable bonds is 4. The summed E-state index contributed by atoms with van der Waals surface area (Å²) in [6.07, 6.45) is 4.57. The molecule has 1 nitrogen and oxygen atoms in total. The van der Waals surface area contributed by atoms with Crippen LogP contribution in [0.15, 0.2) is 18.2 Å². The Labute approximate surface area is 101 Å². The Kier molecular flexibility index (Phi) is 3.50. The molecule has 88 valence electrons. The highest BCUT2D eigenvalue weighted by atomic mass is 35.5. The number of halogens is 2. The Bertz CT molecular complexity index is 374. The van der Waals surface area contributed by atoms with Crippen molar-refractivity contribution < 1.29 is 4.39 Å². The normalized spacial score (nSPS) is 18.2. The summed E-state index contributed by atoms with van der Waals surface area (Å²) in [6.45, 7) is 0.986. The van der Waals surface area contributed by atoms with Gasteiger partial charge in [-0.05, 0) is 55.5 Å². The molecule has 0 radical (unpaired) electrons. The van der Waals surface area contributed by atoms with Gasteiger partial charge in [0.1, 0.15) is 5.82 Å². The third-order valence-corrected chi connectivity index (χ3v) is 3.91. The summed E-state index contributed by atoms with van der Waals surface area (Å²) in [7, 11) is 1.97. The molecule has 1 N–H and O–H groups in total. The van der Waals surface area contributed by atoms with Gasteiger partial charge in [0, 0.05) is 11.6 Å². The van der Waals surface area contributed by atoms with Crippen molar-refractivity contribution in [3.8, 4) is 0 Å². The first-order valence-electron chi connectivity index (χ1n) is 5.74. The summed E-state index contributed by atoms with van der Waals surface area (Å²) >= 11 is 6.10. The van der Waals surface area contributed by atoms with Crippen molar-refractivity contribution in [1.82, 2.24) is 5.32 Å². The van der Waals surface area contributed by atoms with Gasteiger partial charge in [-0.25, -0.2) is 4.39 Å². The number of benzene rings is 1. The van der Waals surface area contributed by atoms with Crippen LogP contribution in [0, 0.1) is 11.2 Å². The smallest absolute Gasteiger partial charge is 0.123 e. The fourth-order valence-corrected chi connectivity index (χ4v) is 2.73. The molecule has 1 aromatic rings. The second-order valence-electron chi connectivity index (χ2n) is 4.80. The first-order valence-corrected chi connectivity index (χ1v) is 6.12. The Morgan fingerprint density at radius 2 is 2.19 bits per heavy atom. The highest BCUT2D eigenvalue weighted by molar-refractivity contribution is 6.31. The van der Waals surface area contributed by atoms with Crippen molar-refractivity contribution in [2.24, 2.45) is 5.41 Å². The molecule has 0 saturated heterocycles. The van der Waals surface area contributed by atoms with Crippen LogP contribution in [-0.4, -0.2) is 13.6 Å². The second-order valence-corrected chi connectivity index (χ2v) is 5.20. The highest BCUT2D eigenvalue weighted by Crippen LogP contribution is 2.44. The minimum Gasteiger partial charge on any atom is -0.319 e. The van der Waals surface area contributed by atoms with Crippen molar-refractivity contribution >= 4 is 11.6 Å². The van der Waals surface area contributed by atoms with Crippen molar-refractivity contribution in [2.75, 3.05) is 13.6 Å². The van der Waals surface area contributed by atoms with Crippen molar-refractivity contribution in [2.45, 2.75) is 25.7 Å². The lowest BCUT2D eigenvalue weighted by Crippen LogP contribution is -2.40. The van der Waals surface area contributed by atoms with E-state index in [0.29, 0.717) is 10.4 Å². The molecule has 16 heavy (non-hydrogen) atoms. The standard InChI is InChI=1S/C13H17ClFN/c1-16-9-13(5-2-6-13)8-10-7-11(15)3-4-12(10)14/h3-4,7,16H,2,5-6,8-9H2,1H3. The molecule has 1 aromatic carbocycles. The zero-order chi connectivity index (χ0) is 11.6. The fourth-order valence-electron chi connectivity index (χ4n) is 2.55. The van der Waals surface area contributed by atoms with Gasteiger partial charge < -0.3 is 5.32 Å². The molecule has 0 heterocycles. The first-order chi connectivity index (χ1) is 7.65. The van der Waals surface area contributed by atoms with Gasteiger partial charge in [-0.15, -0.1) is 0 Å². The van der Waals surface area contributed by atoms with Crippen LogP contribution < -0.4 is 5.32 Å². The quantitative estimate of drug-likeness (QED) is 0.852. The number of hydrogen-bond acceptors (Lipinski definition) is 1. The van der Waals surface area contributed by atoms with E-state index in [2.05, 4.69) is 5.32 Å². The maximum absolute atomic E-state index is 13.2. The maximum Gasteiger partial charge on any atom is 0.123 e. The van der Waals surface area contributed by atoms with Gasteiger partial charge in [-0.3, -0.25) is 0 Å². The molecule has 0 amide bonds. The molecule has 0 unspecified atom stereocenters. The topological polar surface area (TPSA) is 12.0 Å². The highest BCUT2D eigenvalue weighted by Gasteiger charge is 2.36. The van der Waals surface area contributed by atoms with Gasteiger partial charge in [0.25, 0.3) is 0 Å². The average Bonchev–Trinajstić information content (AvgIpc) is 2.20. The summed E-state index contributed by atoms with van der Waals surface area (Å²) in [5, 5.41) is 3.91. The summed E-state index contributed by atoms with van der Waals surface area (Å²) < 4.78 is 13.2. The maximum atomic E-state index is 13.2. The van der Waals surface area contributed by atoms with Crippen molar-refractivity contribution in [1.29, 1.82) is 0 Å². The number of nitrogens with one attached hydrogen (secondary N) is 1. The molecular formula is C13H17ClFN. The molecule has 0 bridgehead atoms. The Hall–Kier alpha value is -0.600. The second kappa shape index (κ2) is 4.72. The minimum absolute atomic E-state index is 0.196. The van der Waals surface area contributed by atoms with E-state index in [9.17, 15) is 4.39 Å². The lowest BCUT2D eigenvalue weighted by atomic mass is 9.65. The van der Waals surface area contributed by atoms with Crippen LogP contribution in [0.25, 0.3) is 0 Å². The molecule has 0 spiro atoms. The largest absolute Gasteiger partial charge is 0.319 e. The van der Waals surface area contributed by atoms with Crippen LogP contribution in [0.4, 0.5) is 4.39 Å². The van der Waals surface area contributed by atoms with E-state index in [0.717, 1.165) is 18.5 Å². The summed E-state index contributed by atoms with van der Waals surface area (Å²) in [5.74, 6) is -0.196. The van der Waals surface area contributed by atoms with E-state index in [4.69, 9.17) is 11.6 Å². The molecule has 3 heteroatoms. The third kappa shape index (κ3) is 2.38. The van der Waals surface area contributed by atoms with E-state index in [1.807, 2.05) is 7.05 Å². The lowest BCUT2D eigenvalue weighted by molar-refractivity contribution is 0.133. The summed E-state index contributed by atoms with van der Waals surface area (Å²) in [5.41, 5.74) is 1.24. The van der Waals surface area contributed by atoms with E-state index in [1.54, 1.807) is 12.1 Å². The van der Waals surface area contributed by atoms with Gasteiger partial charge in [0.15, 0.2) is 0 Å². The molecule has 1 saturated carbocycles. The van der Waals surface area contributed by atoms with Crippen LogP contribution in [-0.2, 0) is 6.42 Å². The molecule has 0 atom stereocenters. The molecule has 1 aliphatic rings. The van der Waals surface area contributed by atoms with Crippen LogP contribution in [0.1, 0.15) is 24.8 Å². The lowest BCUT2D eigenvalue weighted by Gasteiger charge is -2.42. The van der Waals surface area contributed by atoms with E-state index >= 15 is 0 Å². The minimum atomic E-state index is -0.196. The van der Waals surface area contributed by atoms with E-state index in [-0.39, 0.29) is 5.82 Å². The average molecular weight is 242 g/mol. The zero-order valence-electron chi connectivity index (χ0n) is 9.52. The van der Waals surface area contributed by atoms with Crippen LogP contribution >= 0.6 is 11.6 Å². The predicted octanol–water partition coefficient (Wildman–Crippen LogP) is 3.41. The van der Waals surface area contributed by atoms with Gasteiger partial charge in [0.05, 0.1) is 0 Å². The molecular weight excluding hydrogens is 225 g/mol. The molecule has 1 aliphatic carbocycles. The fraction of sp³-hybridized carbons (Fsp3) is 0.538. The van der Waals surface area contributed by atoms with Crippen LogP contribution in [0.5, 0.6) is 0 Å². The monoisotopic (exact) mass is 241 g/mol. The van der Waals surface area contributed by atoms with Crippen molar-refractivity contribution in [3.63, 3.8) is 0 Å². The Morgan fingerprint density at radius 3 is 2.75 bits per heavy atom. The van der Waals surface area contributed by atoms with Crippen LogP contribution in [0.3, 0.4) is 0 Å². The summed E-state index contributed by atoms with van der Waals surface area (Å²) in [4.78, 5) is 0. The molecule has 1 fully saturated rings. The van der Waals surface area contributed by atoms with E-state index in [1.165, 1.54) is 25.3 Å². The predicted molar refractivity (Wildman–Crippen MR) is 65.3 cm³/mol. The molecule has 0 aromatic heterocycles. The Balaban J connectivity index is 2.15. The molecule has 0 aliphatic heterocycles. The van der Waals surface area contributed by atoms with Crippen molar-refractivity contribution in [3.05, 3.63) is 34.6 Å². The molecule has 2 rings (SSSR count). The summed E-state index contributed by atoms with van der Waals surface area (Å²) in [6, 6.07) is 4.63. The van der Waals surface area contributed by atoms with Gasteiger partial charge in [-0.1, -0.05) is 18.0 Å². The van der Waals surface area contributed by atoms with E-state index < -0.39 is 0 Å². The van der Waals surface area contributed by atoms with Gasteiger partial charge >= 0.3 is 0 Å². The zero-order valence-corrected chi connectivity index (χ0v) is 10.3.